The van der Waals surface area contributed by atoms with E-state index in [1.807, 2.05) is 0 Å². The first-order valence-electron chi connectivity index (χ1n) is 3.85. The molecule has 1 saturated carbocycles. The van der Waals surface area contributed by atoms with Gasteiger partial charge in [0.15, 0.2) is 0 Å². The quantitative estimate of drug-likeness (QED) is 0.500. The Labute approximate surface area is 61.1 Å². The molecule has 1 fully saturated rings. The summed E-state index contributed by atoms with van der Waals surface area (Å²) in [5, 5.41) is 0. The summed E-state index contributed by atoms with van der Waals surface area (Å²) >= 11 is 0. The van der Waals surface area contributed by atoms with Crippen LogP contribution in [0.1, 0.15) is 19.8 Å². The highest BCUT2D eigenvalue weighted by Gasteiger charge is 2.46. The smallest absolute Gasteiger partial charge is 0.209 e. The van der Waals surface area contributed by atoms with Crippen molar-refractivity contribution in [3.63, 3.8) is 0 Å². The Bertz CT molecular complexity index is 195. The molecule has 0 heterocycles. The lowest BCUT2D eigenvalue weighted by molar-refractivity contribution is 0.384. The standard InChI is InChI=1S/C9H11O/c1-7-4-8-2-3-9(7,5-8)6-10/h2-3,7-8H,4-5H2,1H3. The van der Waals surface area contributed by atoms with Gasteiger partial charge in [0.2, 0.25) is 6.29 Å². The summed E-state index contributed by atoms with van der Waals surface area (Å²) in [6, 6.07) is 0. The summed E-state index contributed by atoms with van der Waals surface area (Å²) in [5.41, 5.74) is -0.176. The first-order chi connectivity index (χ1) is 4.77. The molecule has 0 aromatic heterocycles. The SMILES string of the molecule is CC1CC2C=CC1([C]=O)C2. The largest absolute Gasteiger partial charge is 0.290 e. The van der Waals surface area contributed by atoms with Crippen LogP contribution >= 0.6 is 0 Å². The molecule has 0 aliphatic heterocycles. The lowest BCUT2D eigenvalue weighted by Crippen LogP contribution is -2.21. The molecular weight excluding hydrogens is 124 g/mol. The molecule has 0 amide bonds. The topological polar surface area (TPSA) is 17.1 Å². The molecule has 1 nitrogen and oxygen atoms in total. The van der Waals surface area contributed by atoms with Gasteiger partial charge < -0.3 is 0 Å². The monoisotopic (exact) mass is 135 g/mol. The zero-order valence-corrected chi connectivity index (χ0v) is 6.13. The molecule has 53 valence electrons. The van der Waals surface area contributed by atoms with Crippen molar-refractivity contribution < 1.29 is 4.79 Å². The number of rotatable bonds is 1. The van der Waals surface area contributed by atoms with Crippen molar-refractivity contribution in [2.24, 2.45) is 17.3 Å². The van der Waals surface area contributed by atoms with Crippen molar-refractivity contribution in [2.45, 2.75) is 19.8 Å². The van der Waals surface area contributed by atoms with Gasteiger partial charge in [-0.15, -0.1) is 0 Å². The predicted molar refractivity (Wildman–Crippen MR) is 39.2 cm³/mol. The highest BCUT2D eigenvalue weighted by Crippen LogP contribution is 2.51. The first kappa shape index (κ1) is 6.14. The van der Waals surface area contributed by atoms with Gasteiger partial charge in [0.05, 0.1) is 5.41 Å². The molecule has 1 radical (unpaired) electrons. The molecule has 0 saturated heterocycles. The molecular formula is C9H11O. The zero-order chi connectivity index (χ0) is 7.19. The van der Waals surface area contributed by atoms with Crippen molar-refractivity contribution in [3.05, 3.63) is 12.2 Å². The van der Waals surface area contributed by atoms with Crippen LogP contribution in [0.3, 0.4) is 0 Å². The van der Waals surface area contributed by atoms with E-state index in [0.717, 1.165) is 6.42 Å². The van der Waals surface area contributed by atoms with E-state index in [4.69, 9.17) is 0 Å². The average molecular weight is 135 g/mol. The highest BCUT2D eigenvalue weighted by molar-refractivity contribution is 5.66. The van der Waals surface area contributed by atoms with Gasteiger partial charge in [0, 0.05) is 0 Å². The first-order valence-corrected chi connectivity index (χ1v) is 3.85. The van der Waals surface area contributed by atoms with Crippen LogP contribution in [0.2, 0.25) is 0 Å². The number of carbonyl (C=O) groups excluding carboxylic acids is 1. The Morgan fingerprint density at radius 2 is 2.50 bits per heavy atom. The molecule has 3 atom stereocenters. The zero-order valence-electron chi connectivity index (χ0n) is 6.13. The van der Waals surface area contributed by atoms with Gasteiger partial charge in [-0.05, 0) is 24.7 Å². The maximum Gasteiger partial charge on any atom is 0.209 e. The van der Waals surface area contributed by atoms with E-state index in [0.29, 0.717) is 11.8 Å². The Kier molecular flexibility index (Phi) is 1.05. The second-order valence-corrected chi connectivity index (χ2v) is 3.60. The van der Waals surface area contributed by atoms with Gasteiger partial charge >= 0.3 is 0 Å². The van der Waals surface area contributed by atoms with E-state index >= 15 is 0 Å². The Balaban J connectivity index is 2.36. The van der Waals surface area contributed by atoms with E-state index in [2.05, 4.69) is 25.4 Å². The van der Waals surface area contributed by atoms with Crippen LogP contribution in [0.4, 0.5) is 0 Å². The van der Waals surface area contributed by atoms with Crippen LogP contribution in [0, 0.1) is 17.3 Å². The number of hydrogen-bond acceptors (Lipinski definition) is 1. The summed E-state index contributed by atoms with van der Waals surface area (Å²) in [6.45, 7) is 2.15. The number of allylic oxidation sites excluding steroid dienone is 2. The highest BCUT2D eigenvalue weighted by atomic mass is 16.1. The van der Waals surface area contributed by atoms with Gasteiger partial charge in [0.25, 0.3) is 0 Å². The molecule has 2 aliphatic carbocycles. The van der Waals surface area contributed by atoms with Crippen molar-refractivity contribution in [2.75, 3.05) is 0 Å². The van der Waals surface area contributed by atoms with Gasteiger partial charge in [-0.1, -0.05) is 19.1 Å². The summed E-state index contributed by atoms with van der Waals surface area (Å²) in [4.78, 5) is 10.6. The molecule has 3 unspecified atom stereocenters. The van der Waals surface area contributed by atoms with Crippen LogP contribution in [0.5, 0.6) is 0 Å². The van der Waals surface area contributed by atoms with Crippen LogP contribution < -0.4 is 0 Å². The van der Waals surface area contributed by atoms with E-state index in [9.17, 15) is 4.79 Å². The fraction of sp³-hybridized carbons (Fsp3) is 0.667. The molecule has 2 bridgehead atoms. The molecule has 0 spiro atoms. The van der Waals surface area contributed by atoms with E-state index in [1.165, 1.54) is 6.42 Å². The molecule has 10 heavy (non-hydrogen) atoms. The van der Waals surface area contributed by atoms with Crippen molar-refractivity contribution in [1.29, 1.82) is 0 Å². The summed E-state index contributed by atoms with van der Waals surface area (Å²) in [5.74, 6) is 1.21. The lowest BCUT2D eigenvalue weighted by atomic mass is 9.81. The average Bonchev–Trinajstić information content (AvgIpc) is 2.44. The number of hydrogen-bond donors (Lipinski definition) is 0. The van der Waals surface area contributed by atoms with Gasteiger partial charge in [-0.2, -0.15) is 0 Å². The van der Waals surface area contributed by atoms with Crippen LogP contribution in [-0.2, 0) is 4.79 Å². The fourth-order valence-electron chi connectivity index (χ4n) is 2.25. The van der Waals surface area contributed by atoms with Crippen molar-refractivity contribution in [3.8, 4) is 0 Å². The van der Waals surface area contributed by atoms with Crippen LogP contribution in [0.15, 0.2) is 12.2 Å². The second-order valence-electron chi connectivity index (χ2n) is 3.60. The third-order valence-corrected chi connectivity index (χ3v) is 2.99. The maximum absolute atomic E-state index is 10.6. The maximum atomic E-state index is 10.6. The molecule has 0 aromatic carbocycles. The predicted octanol–water partition coefficient (Wildman–Crippen LogP) is 1.70. The second kappa shape index (κ2) is 1.71. The summed E-state index contributed by atoms with van der Waals surface area (Å²) < 4.78 is 0. The minimum atomic E-state index is -0.176. The summed E-state index contributed by atoms with van der Waals surface area (Å²) in [7, 11) is 0. The lowest BCUT2D eigenvalue weighted by Gasteiger charge is -2.20. The Morgan fingerprint density at radius 3 is 2.80 bits per heavy atom. The molecule has 0 N–H and O–H groups in total. The third kappa shape index (κ3) is 0.556. The number of fused-ring (bicyclic) bond motifs is 2. The normalized spacial score (nSPS) is 50.1. The van der Waals surface area contributed by atoms with Gasteiger partial charge in [0.1, 0.15) is 0 Å². The fourth-order valence-corrected chi connectivity index (χ4v) is 2.25. The summed E-state index contributed by atoms with van der Waals surface area (Å²) in [6.07, 6.45) is 8.62. The minimum Gasteiger partial charge on any atom is -0.290 e. The van der Waals surface area contributed by atoms with Gasteiger partial charge in [-0.25, -0.2) is 0 Å². The Morgan fingerprint density at radius 1 is 1.70 bits per heavy atom. The van der Waals surface area contributed by atoms with E-state index < -0.39 is 0 Å². The minimum absolute atomic E-state index is 0.176. The van der Waals surface area contributed by atoms with Crippen molar-refractivity contribution >= 4 is 6.29 Å². The van der Waals surface area contributed by atoms with Crippen LogP contribution in [-0.4, -0.2) is 6.29 Å². The van der Waals surface area contributed by atoms with Crippen LogP contribution in [0.25, 0.3) is 0 Å². The third-order valence-electron chi connectivity index (χ3n) is 2.99. The molecule has 2 rings (SSSR count). The van der Waals surface area contributed by atoms with E-state index in [1.54, 1.807) is 0 Å². The molecule has 1 heteroatoms. The van der Waals surface area contributed by atoms with E-state index in [-0.39, 0.29) is 5.41 Å². The molecule has 0 aromatic rings. The van der Waals surface area contributed by atoms with Crippen molar-refractivity contribution in [1.82, 2.24) is 0 Å². The Hall–Kier alpha value is -0.590. The molecule has 2 aliphatic rings. The van der Waals surface area contributed by atoms with Gasteiger partial charge in [-0.3, -0.25) is 4.79 Å².